The Morgan fingerprint density at radius 1 is 0.893 bits per heavy atom. The van der Waals surface area contributed by atoms with Gasteiger partial charge in [-0.15, -0.1) is 0 Å². The number of imidazole rings is 1. The van der Waals surface area contributed by atoms with Crippen molar-refractivity contribution < 1.29 is 14.6 Å². The molecule has 1 aromatic heterocycles. The Kier molecular flexibility index (Phi) is 5.00. The zero-order chi connectivity index (χ0) is 19.5. The zero-order valence-electron chi connectivity index (χ0n) is 15.9. The molecule has 4 aromatic rings. The van der Waals surface area contributed by atoms with Crippen LogP contribution >= 0.6 is 0 Å². The molecule has 0 amide bonds. The van der Waals surface area contributed by atoms with Crippen LogP contribution in [0.3, 0.4) is 0 Å². The van der Waals surface area contributed by atoms with E-state index in [0.717, 1.165) is 16.6 Å². The van der Waals surface area contributed by atoms with Gasteiger partial charge in [0, 0.05) is 6.54 Å². The Bertz CT molecular complexity index is 1090. The topological polar surface area (TPSA) is 56.5 Å². The molecule has 0 aliphatic heterocycles. The highest BCUT2D eigenvalue weighted by molar-refractivity contribution is 5.76. The molecule has 1 atom stereocenters. The highest BCUT2D eigenvalue weighted by atomic mass is 16.5. The van der Waals surface area contributed by atoms with Crippen molar-refractivity contribution in [1.29, 1.82) is 0 Å². The molecule has 4 rings (SSSR count). The average molecular weight is 374 g/mol. The summed E-state index contributed by atoms with van der Waals surface area (Å²) >= 11 is 0. The lowest BCUT2D eigenvalue weighted by Gasteiger charge is -2.16. The summed E-state index contributed by atoms with van der Waals surface area (Å²) < 4.78 is 12.7. The van der Waals surface area contributed by atoms with E-state index < -0.39 is 6.10 Å². The summed E-state index contributed by atoms with van der Waals surface area (Å²) in [6.45, 7) is 0.626. The van der Waals surface area contributed by atoms with E-state index in [-0.39, 0.29) is 0 Å². The van der Waals surface area contributed by atoms with Crippen LogP contribution in [0.15, 0.2) is 72.8 Å². The number of hydrogen-bond donors (Lipinski definition) is 1. The van der Waals surface area contributed by atoms with Gasteiger partial charge in [0.1, 0.15) is 11.9 Å². The van der Waals surface area contributed by atoms with E-state index in [1.54, 1.807) is 26.4 Å². The van der Waals surface area contributed by atoms with Gasteiger partial charge in [0.25, 0.3) is 0 Å². The van der Waals surface area contributed by atoms with Crippen molar-refractivity contribution in [3.8, 4) is 11.5 Å². The Balaban J connectivity index is 1.80. The van der Waals surface area contributed by atoms with Crippen LogP contribution in [0.1, 0.15) is 23.1 Å². The lowest BCUT2D eigenvalue weighted by molar-refractivity contribution is 0.205. The van der Waals surface area contributed by atoms with E-state index in [1.807, 2.05) is 48.5 Å². The number of ether oxygens (including phenoxy) is 2. The van der Waals surface area contributed by atoms with Crippen LogP contribution in [-0.2, 0) is 6.54 Å². The summed E-state index contributed by atoms with van der Waals surface area (Å²) in [4.78, 5) is 4.72. The average Bonchev–Trinajstić information content (AvgIpc) is 3.12. The lowest BCUT2D eigenvalue weighted by atomic mass is 10.1. The number of methoxy groups -OCH3 is 2. The minimum atomic E-state index is -0.893. The van der Waals surface area contributed by atoms with Gasteiger partial charge in [0.05, 0.1) is 25.3 Å². The predicted octanol–water partition coefficient (Wildman–Crippen LogP) is 4.18. The fraction of sp³-hybridized carbons (Fsp3) is 0.174. The van der Waals surface area contributed by atoms with Crippen LogP contribution in [0, 0.1) is 0 Å². The van der Waals surface area contributed by atoms with Crippen molar-refractivity contribution in [3.05, 3.63) is 89.7 Å². The van der Waals surface area contributed by atoms with E-state index >= 15 is 0 Å². The normalized spacial score (nSPS) is 12.1. The maximum atomic E-state index is 11.2. The molecule has 1 heterocycles. The Labute approximate surface area is 163 Å². The zero-order valence-corrected chi connectivity index (χ0v) is 15.9. The minimum absolute atomic E-state index is 0.574. The standard InChI is InChI=1S/C23H22N2O3/c1-27-20-13-12-17(14-21(20)28-2)22(26)23-24-18-10-6-7-11-19(18)25(23)15-16-8-4-3-5-9-16/h3-14,22,26H,15H2,1-2H3. The second kappa shape index (κ2) is 7.74. The molecule has 0 bridgehead atoms. The van der Waals surface area contributed by atoms with Gasteiger partial charge in [0.15, 0.2) is 11.5 Å². The molecule has 1 unspecified atom stereocenters. The molecule has 3 aromatic carbocycles. The quantitative estimate of drug-likeness (QED) is 0.550. The number of aromatic nitrogens is 2. The summed E-state index contributed by atoms with van der Waals surface area (Å²) in [6, 6.07) is 23.5. The fourth-order valence-corrected chi connectivity index (χ4v) is 3.41. The van der Waals surface area contributed by atoms with Crippen LogP contribution in [0.2, 0.25) is 0 Å². The number of aliphatic hydroxyl groups is 1. The Hall–Kier alpha value is -3.31. The van der Waals surface area contributed by atoms with Gasteiger partial charge >= 0.3 is 0 Å². The molecule has 0 fully saturated rings. The van der Waals surface area contributed by atoms with Gasteiger partial charge in [-0.05, 0) is 35.4 Å². The van der Waals surface area contributed by atoms with E-state index in [0.29, 0.717) is 29.4 Å². The van der Waals surface area contributed by atoms with Gasteiger partial charge < -0.3 is 19.1 Å². The first kappa shape index (κ1) is 18.1. The molecule has 5 heteroatoms. The lowest BCUT2D eigenvalue weighted by Crippen LogP contribution is -2.11. The van der Waals surface area contributed by atoms with Crippen molar-refractivity contribution in [2.75, 3.05) is 14.2 Å². The first-order valence-corrected chi connectivity index (χ1v) is 9.10. The second-order valence-electron chi connectivity index (χ2n) is 6.55. The van der Waals surface area contributed by atoms with Gasteiger partial charge in [-0.2, -0.15) is 0 Å². The number of fused-ring (bicyclic) bond motifs is 1. The number of para-hydroxylation sites is 2. The van der Waals surface area contributed by atoms with Crippen molar-refractivity contribution in [1.82, 2.24) is 9.55 Å². The molecular formula is C23H22N2O3. The third-order valence-corrected chi connectivity index (χ3v) is 4.84. The summed E-state index contributed by atoms with van der Waals surface area (Å²) in [5, 5.41) is 11.2. The number of benzene rings is 3. The first-order chi connectivity index (χ1) is 13.7. The molecule has 0 radical (unpaired) electrons. The van der Waals surface area contributed by atoms with Crippen LogP contribution in [-0.4, -0.2) is 28.9 Å². The highest BCUT2D eigenvalue weighted by Crippen LogP contribution is 2.33. The summed E-state index contributed by atoms with van der Waals surface area (Å²) in [7, 11) is 3.17. The molecule has 5 nitrogen and oxygen atoms in total. The summed E-state index contributed by atoms with van der Waals surface area (Å²) in [6.07, 6.45) is -0.893. The Morgan fingerprint density at radius 2 is 1.61 bits per heavy atom. The molecule has 0 saturated heterocycles. The summed E-state index contributed by atoms with van der Waals surface area (Å²) in [5.74, 6) is 1.79. The van der Waals surface area contributed by atoms with Gasteiger partial charge in [-0.1, -0.05) is 48.5 Å². The first-order valence-electron chi connectivity index (χ1n) is 9.10. The van der Waals surface area contributed by atoms with Gasteiger partial charge in [-0.25, -0.2) is 4.98 Å². The van der Waals surface area contributed by atoms with Crippen LogP contribution in [0.5, 0.6) is 11.5 Å². The van der Waals surface area contributed by atoms with Crippen LogP contribution in [0.4, 0.5) is 0 Å². The molecule has 0 aliphatic carbocycles. The van der Waals surface area contributed by atoms with Gasteiger partial charge in [-0.3, -0.25) is 0 Å². The molecule has 0 saturated carbocycles. The fourth-order valence-electron chi connectivity index (χ4n) is 3.41. The van der Waals surface area contributed by atoms with E-state index in [1.165, 1.54) is 0 Å². The van der Waals surface area contributed by atoms with Crippen molar-refractivity contribution in [2.45, 2.75) is 12.6 Å². The van der Waals surface area contributed by atoms with Gasteiger partial charge in [0.2, 0.25) is 0 Å². The smallest absolute Gasteiger partial charge is 0.161 e. The number of rotatable bonds is 6. The van der Waals surface area contributed by atoms with Crippen molar-refractivity contribution >= 4 is 11.0 Å². The molecule has 142 valence electrons. The van der Waals surface area contributed by atoms with E-state index in [9.17, 15) is 5.11 Å². The van der Waals surface area contributed by atoms with Crippen LogP contribution in [0.25, 0.3) is 11.0 Å². The highest BCUT2D eigenvalue weighted by Gasteiger charge is 2.21. The predicted molar refractivity (Wildman–Crippen MR) is 109 cm³/mol. The number of aliphatic hydroxyl groups excluding tert-OH is 1. The Morgan fingerprint density at radius 3 is 2.36 bits per heavy atom. The van der Waals surface area contributed by atoms with Crippen molar-refractivity contribution in [3.63, 3.8) is 0 Å². The maximum Gasteiger partial charge on any atom is 0.161 e. The third-order valence-electron chi connectivity index (χ3n) is 4.84. The molecular weight excluding hydrogens is 352 g/mol. The van der Waals surface area contributed by atoms with Crippen molar-refractivity contribution in [2.24, 2.45) is 0 Å². The largest absolute Gasteiger partial charge is 0.493 e. The SMILES string of the molecule is COc1ccc(C(O)c2nc3ccccc3n2Cc2ccccc2)cc1OC. The minimum Gasteiger partial charge on any atom is -0.493 e. The van der Waals surface area contributed by atoms with E-state index in [4.69, 9.17) is 14.5 Å². The monoisotopic (exact) mass is 374 g/mol. The maximum absolute atomic E-state index is 11.2. The van der Waals surface area contributed by atoms with E-state index in [2.05, 4.69) is 16.7 Å². The molecule has 0 aliphatic rings. The summed E-state index contributed by atoms with van der Waals surface area (Å²) in [5.41, 5.74) is 3.68. The number of hydrogen-bond acceptors (Lipinski definition) is 4. The van der Waals surface area contributed by atoms with Crippen LogP contribution < -0.4 is 9.47 Å². The molecule has 1 N–H and O–H groups in total. The third kappa shape index (κ3) is 3.32. The molecule has 0 spiro atoms. The molecule has 28 heavy (non-hydrogen) atoms. The number of nitrogens with zero attached hydrogens (tertiary/aromatic N) is 2. The second-order valence-corrected chi connectivity index (χ2v) is 6.55.